The van der Waals surface area contributed by atoms with Gasteiger partial charge in [0.25, 0.3) is 0 Å². The van der Waals surface area contributed by atoms with Crippen molar-refractivity contribution < 1.29 is 9.47 Å². The summed E-state index contributed by atoms with van der Waals surface area (Å²) in [6.45, 7) is 0. The number of hydrogen-bond acceptors (Lipinski definition) is 3. The summed E-state index contributed by atoms with van der Waals surface area (Å²) in [7, 11) is 1.59. The summed E-state index contributed by atoms with van der Waals surface area (Å²) in [5.74, 6) is 1.88. The van der Waals surface area contributed by atoms with Gasteiger partial charge in [0.1, 0.15) is 11.5 Å². The molecule has 0 heterocycles. The summed E-state index contributed by atoms with van der Waals surface area (Å²) < 4.78 is 10.8. The van der Waals surface area contributed by atoms with Crippen LogP contribution in [0.3, 0.4) is 0 Å². The Morgan fingerprint density at radius 2 is 1.88 bits per heavy atom. The molecule has 0 fully saturated rings. The van der Waals surface area contributed by atoms with E-state index < -0.39 is 0 Å². The SMILES string of the molecule is COc1ccc(N)c(Oc2cccc(Cl)c2)c1. The Bertz CT molecular complexity index is 529. The molecular weight excluding hydrogens is 238 g/mol. The second-order valence-electron chi connectivity index (χ2n) is 3.46. The van der Waals surface area contributed by atoms with Gasteiger partial charge in [0.05, 0.1) is 12.8 Å². The van der Waals surface area contributed by atoms with Crippen molar-refractivity contribution >= 4 is 17.3 Å². The van der Waals surface area contributed by atoms with Gasteiger partial charge in [0, 0.05) is 11.1 Å². The molecule has 3 nitrogen and oxygen atoms in total. The van der Waals surface area contributed by atoms with Gasteiger partial charge in [-0.05, 0) is 30.3 Å². The maximum absolute atomic E-state index is 5.87. The van der Waals surface area contributed by atoms with Crippen LogP contribution in [0, 0.1) is 0 Å². The monoisotopic (exact) mass is 249 g/mol. The van der Waals surface area contributed by atoms with Crippen molar-refractivity contribution in [2.24, 2.45) is 0 Å². The zero-order valence-electron chi connectivity index (χ0n) is 9.31. The van der Waals surface area contributed by atoms with E-state index in [9.17, 15) is 0 Å². The van der Waals surface area contributed by atoms with Gasteiger partial charge in [-0.1, -0.05) is 17.7 Å². The summed E-state index contributed by atoms with van der Waals surface area (Å²) in [4.78, 5) is 0. The molecule has 0 saturated carbocycles. The van der Waals surface area contributed by atoms with E-state index in [1.54, 1.807) is 37.4 Å². The summed E-state index contributed by atoms with van der Waals surface area (Å²) in [6, 6.07) is 12.4. The highest BCUT2D eigenvalue weighted by atomic mass is 35.5. The lowest BCUT2D eigenvalue weighted by Gasteiger charge is -2.10. The Balaban J connectivity index is 2.29. The first kappa shape index (κ1) is 11.6. The van der Waals surface area contributed by atoms with Crippen molar-refractivity contribution in [1.82, 2.24) is 0 Å². The van der Waals surface area contributed by atoms with Gasteiger partial charge in [-0.3, -0.25) is 0 Å². The average Bonchev–Trinajstić information content (AvgIpc) is 2.32. The number of halogens is 1. The van der Waals surface area contributed by atoms with Crippen LogP contribution < -0.4 is 15.2 Å². The highest BCUT2D eigenvalue weighted by Crippen LogP contribution is 2.31. The fraction of sp³-hybridized carbons (Fsp3) is 0.0769. The number of benzene rings is 2. The Labute approximate surface area is 105 Å². The van der Waals surface area contributed by atoms with E-state index in [2.05, 4.69) is 0 Å². The van der Waals surface area contributed by atoms with E-state index >= 15 is 0 Å². The third kappa shape index (κ3) is 2.82. The maximum Gasteiger partial charge on any atom is 0.153 e. The molecule has 88 valence electrons. The van der Waals surface area contributed by atoms with Gasteiger partial charge < -0.3 is 15.2 Å². The first-order valence-electron chi connectivity index (χ1n) is 5.06. The fourth-order valence-electron chi connectivity index (χ4n) is 1.39. The predicted molar refractivity (Wildman–Crippen MR) is 68.9 cm³/mol. The molecule has 0 unspecified atom stereocenters. The van der Waals surface area contributed by atoms with E-state index in [0.717, 1.165) is 0 Å². The minimum absolute atomic E-state index is 0.547. The molecule has 4 heteroatoms. The number of nitrogen functional groups attached to an aromatic ring is 1. The van der Waals surface area contributed by atoms with Crippen molar-refractivity contribution in [2.45, 2.75) is 0 Å². The molecule has 0 saturated heterocycles. The van der Waals surface area contributed by atoms with Crippen LogP contribution in [-0.2, 0) is 0 Å². The minimum atomic E-state index is 0.547. The summed E-state index contributed by atoms with van der Waals surface area (Å²) in [6.07, 6.45) is 0. The fourth-order valence-corrected chi connectivity index (χ4v) is 1.57. The Morgan fingerprint density at radius 1 is 1.06 bits per heavy atom. The maximum atomic E-state index is 5.87. The molecule has 0 aliphatic heterocycles. The summed E-state index contributed by atoms with van der Waals surface area (Å²) >= 11 is 5.87. The quantitative estimate of drug-likeness (QED) is 0.843. The smallest absolute Gasteiger partial charge is 0.153 e. The lowest BCUT2D eigenvalue weighted by Crippen LogP contribution is -1.93. The molecule has 0 radical (unpaired) electrons. The molecule has 0 aromatic heterocycles. The van der Waals surface area contributed by atoms with Gasteiger partial charge >= 0.3 is 0 Å². The molecule has 0 spiro atoms. The van der Waals surface area contributed by atoms with Crippen molar-refractivity contribution in [2.75, 3.05) is 12.8 Å². The zero-order chi connectivity index (χ0) is 12.3. The second-order valence-corrected chi connectivity index (χ2v) is 3.90. The highest BCUT2D eigenvalue weighted by molar-refractivity contribution is 6.30. The van der Waals surface area contributed by atoms with Gasteiger partial charge in [-0.25, -0.2) is 0 Å². The number of ether oxygens (including phenoxy) is 2. The predicted octanol–water partition coefficient (Wildman–Crippen LogP) is 3.72. The van der Waals surface area contributed by atoms with Crippen molar-refractivity contribution in [1.29, 1.82) is 0 Å². The molecule has 17 heavy (non-hydrogen) atoms. The van der Waals surface area contributed by atoms with Crippen LogP contribution in [0.4, 0.5) is 5.69 Å². The number of anilines is 1. The second kappa shape index (κ2) is 4.97. The number of methoxy groups -OCH3 is 1. The molecule has 2 N–H and O–H groups in total. The normalized spacial score (nSPS) is 10.0. The van der Waals surface area contributed by atoms with Crippen LogP contribution in [0.25, 0.3) is 0 Å². The van der Waals surface area contributed by atoms with Gasteiger partial charge in [0.2, 0.25) is 0 Å². The Morgan fingerprint density at radius 3 is 2.59 bits per heavy atom. The lowest BCUT2D eigenvalue weighted by molar-refractivity contribution is 0.409. The number of hydrogen-bond donors (Lipinski definition) is 1. The van der Waals surface area contributed by atoms with Gasteiger partial charge in [-0.2, -0.15) is 0 Å². The van der Waals surface area contributed by atoms with Gasteiger partial charge in [-0.15, -0.1) is 0 Å². The number of nitrogens with two attached hydrogens (primary N) is 1. The Kier molecular flexibility index (Phi) is 3.40. The number of rotatable bonds is 3. The van der Waals surface area contributed by atoms with Gasteiger partial charge in [0.15, 0.2) is 5.75 Å². The van der Waals surface area contributed by atoms with Crippen molar-refractivity contribution in [3.05, 3.63) is 47.5 Å². The van der Waals surface area contributed by atoms with Crippen LogP contribution >= 0.6 is 11.6 Å². The third-order valence-corrected chi connectivity index (χ3v) is 2.48. The average molecular weight is 250 g/mol. The molecule has 0 atom stereocenters. The van der Waals surface area contributed by atoms with Crippen LogP contribution in [-0.4, -0.2) is 7.11 Å². The first-order valence-corrected chi connectivity index (χ1v) is 5.44. The first-order chi connectivity index (χ1) is 8.19. The van der Waals surface area contributed by atoms with Crippen molar-refractivity contribution in [3.63, 3.8) is 0 Å². The molecule has 0 aliphatic carbocycles. The van der Waals surface area contributed by atoms with Crippen molar-refractivity contribution in [3.8, 4) is 17.2 Å². The zero-order valence-corrected chi connectivity index (χ0v) is 10.1. The van der Waals surface area contributed by atoms with E-state index in [4.69, 9.17) is 26.8 Å². The molecule has 2 aromatic rings. The van der Waals surface area contributed by atoms with E-state index in [1.807, 2.05) is 12.1 Å². The molecule has 2 rings (SSSR count). The largest absolute Gasteiger partial charge is 0.497 e. The molecule has 0 amide bonds. The van der Waals surface area contributed by atoms with Crippen LogP contribution in [0.2, 0.25) is 5.02 Å². The summed E-state index contributed by atoms with van der Waals surface area (Å²) in [5.41, 5.74) is 6.36. The van der Waals surface area contributed by atoms with E-state index in [1.165, 1.54) is 0 Å². The molecule has 0 aliphatic rings. The van der Waals surface area contributed by atoms with Crippen LogP contribution in [0.5, 0.6) is 17.2 Å². The molecular formula is C13H12ClNO2. The highest BCUT2D eigenvalue weighted by Gasteiger charge is 2.04. The van der Waals surface area contributed by atoms with Crippen LogP contribution in [0.15, 0.2) is 42.5 Å². The van der Waals surface area contributed by atoms with E-state index in [0.29, 0.717) is 28.0 Å². The third-order valence-electron chi connectivity index (χ3n) is 2.24. The lowest BCUT2D eigenvalue weighted by atomic mass is 10.2. The van der Waals surface area contributed by atoms with E-state index in [-0.39, 0.29) is 0 Å². The standard InChI is InChI=1S/C13H12ClNO2/c1-16-10-5-6-12(15)13(8-10)17-11-4-2-3-9(14)7-11/h2-8H,15H2,1H3. The molecule has 0 bridgehead atoms. The topological polar surface area (TPSA) is 44.5 Å². The minimum Gasteiger partial charge on any atom is -0.497 e. The molecule has 2 aromatic carbocycles. The summed E-state index contributed by atoms with van der Waals surface area (Å²) in [5, 5.41) is 0.615. The van der Waals surface area contributed by atoms with Crippen LogP contribution in [0.1, 0.15) is 0 Å². The Hall–Kier alpha value is -1.87.